The molecule has 0 amide bonds. The number of nitrogens with zero attached hydrogens (tertiary/aromatic N) is 3. The zero-order valence-corrected chi connectivity index (χ0v) is 10.1. The topological polar surface area (TPSA) is 78.2 Å². The van der Waals surface area contributed by atoms with Crippen molar-refractivity contribution in [2.45, 2.75) is 51.6 Å². The molecule has 0 rings (SSSR count). The molecular formula is C11H23N3O2. The lowest BCUT2D eigenvalue weighted by Crippen LogP contribution is -2.19. The molecule has 1 unspecified atom stereocenters. The van der Waals surface area contributed by atoms with Crippen molar-refractivity contribution in [2.24, 2.45) is 5.11 Å². The normalized spacial score (nSPS) is 12.1. The van der Waals surface area contributed by atoms with Crippen molar-refractivity contribution in [1.82, 2.24) is 0 Å². The molecule has 0 aromatic carbocycles. The number of ether oxygens (including phenoxy) is 1. The van der Waals surface area contributed by atoms with Gasteiger partial charge in [0.25, 0.3) is 0 Å². The molecule has 1 N–H and O–H groups in total. The molecule has 0 saturated heterocycles. The fourth-order valence-electron chi connectivity index (χ4n) is 1.51. The molecule has 0 heterocycles. The molecule has 0 radical (unpaired) electrons. The van der Waals surface area contributed by atoms with E-state index in [1.165, 1.54) is 25.7 Å². The van der Waals surface area contributed by atoms with E-state index in [1.54, 1.807) is 0 Å². The second kappa shape index (κ2) is 12.3. The molecule has 0 aromatic rings. The summed E-state index contributed by atoms with van der Waals surface area (Å²) >= 11 is 0. The van der Waals surface area contributed by atoms with Crippen LogP contribution in [-0.2, 0) is 4.74 Å². The predicted molar refractivity (Wildman–Crippen MR) is 64.2 cm³/mol. The fourth-order valence-corrected chi connectivity index (χ4v) is 1.51. The number of hydrogen-bond donors (Lipinski definition) is 1. The third-order valence-electron chi connectivity index (χ3n) is 2.44. The second-order valence-corrected chi connectivity index (χ2v) is 3.83. The van der Waals surface area contributed by atoms with Gasteiger partial charge in [-0.15, -0.1) is 0 Å². The number of azide groups is 1. The third-order valence-corrected chi connectivity index (χ3v) is 2.44. The minimum absolute atomic E-state index is 0.0457. The zero-order chi connectivity index (χ0) is 12.1. The number of rotatable bonds is 11. The molecule has 16 heavy (non-hydrogen) atoms. The number of aliphatic hydroxyl groups excluding tert-OH is 1. The van der Waals surface area contributed by atoms with Gasteiger partial charge in [0.15, 0.2) is 0 Å². The van der Waals surface area contributed by atoms with E-state index in [-0.39, 0.29) is 12.7 Å². The van der Waals surface area contributed by atoms with Gasteiger partial charge in [-0.1, -0.05) is 44.1 Å². The highest BCUT2D eigenvalue weighted by atomic mass is 16.5. The molecule has 0 spiro atoms. The van der Waals surface area contributed by atoms with Crippen LogP contribution >= 0.6 is 0 Å². The average Bonchev–Trinajstić information content (AvgIpc) is 2.31. The minimum Gasteiger partial charge on any atom is -0.394 e. The van der Waals surface area contributed by atoms with Gasteiger partial charge in [0.1, 0.15) is 0 Å². The predicted octanol–water partition coefficient (Wildman–Crippen LogP) is 3.03. The van der Waals surface area contributed by atoms with E-state index in [4.69, 9.17) is 15.4 Å². The molecule has 0 aromatic heterocycles. The van der Waals surface area contributed by atoms with E-state index < -0.39 is 0 Å². The summed E-state index contributed by atoms with van der Waals surface area (Å²) in [6.45, 7) is 2.96. The molecule has 0 fully saturated rings. The molecule has 0 aliphatic heterocycles. The van der Waals surface area contributed by atoms with Gasteiger partial charge in [0.2, 0.25) is 0 Å². The molecule has 0 saturated carbocycles. The summed E-state index contributed by atoms with van der Waals surface area (Å²) in [5.41, 5.74) is 8.07. The maximum Gasteiger partial charge on any atom is 0.0805 e. The SMILES string of the molecule is CCCCCCCC(CO)OCCN=[N+]=[N-]. The van der Waals surface area contributed by atoms with Crippen molar-refractivity contribution in [3.8, 4) is 0 Å². The Hall–Kier alpha value is -0.770. The van der Waals surface area contributed by atoms with E-state index in [0.717, 1.165) is 12.8 Å². The molecule has 1 atom stereocenters. The maximum absolute atomic E-state index is 9.06. The smallest absolute Gasteiger partial charge is 0.0805 e. The van der Waals surface area contributed by atoms with E-state index in [1.807, 2.05) is 0 Å². The van der Waals surface area contributed by atoms with Crippen LogP contribution in [0.25, 0.3) is 10.4 Å². The summed E-state index contributed by atoms with van der Waals surface area (Å²) in [7, 11) is 0. The second-order valence-electron chi connectivity index (χ2n) is 3.83. The standard InChI is InChI=1S/C11H23N3O2/c1-2-3-4-5-6-7-11(10-15)16-9-8-13-14-12/h11,15H,2-10H2,1H3. The number of unbranched alkanes of at least 4 members (excludes halogenated alkanes) is 4. The summed E-state index contributed by atoms with van der Waals surface area (Å²) in [5.74, 6) is 0. The molecule has 0 aliphatic carbocycles. The van der Waals surface area contributed by atoms with E-state index in [0.29, 0.717) is 13.2 Å². The molecule has 94 valence electrons. The maximum atomic E-state index is 9.06. The van der Waals surface area contributed by atoms with Crippen LogP contribution in [0, 0.1) is 0 Å². The van der Waals surface area contributed by atoms with Crippen LogP contribution in [-0.4, -0.2) is 31.0 Å². The van der Waals surface area contributed by atoms with Crippen LogP contribution < -0.4 is 0 Å². The first-order chi connectivity index (χ1) is 7.85. The van der Waals surface area contributed by atoms with Gasteiger partial charge in [-0.3, -0.25) is 0 Å². The lowest BCUT2D eigenvalue weighted by Gasteiger charge is -2.14. The molecule has 5 heteroatoms. The zero-order valence-electron chi connectivity index (χ0n) is 10.1. The molecule has 5 nitrogen and oxygen atoms in total. The van der Waals surface area contributed by atoms with Gasteiger partial charge in [0.05, 0.1) is 19.3 Å². The number of hydrogen-bond acceptors (Lipinski definition) is 3. The van der Waals surface area contributed by atoms with Gasteiger partial charge in [0, 0.05) is 11.5 Å². The first kappa shape index (κ1) is 15.2. The summed E-state index contributed by atoms with van der Waals surface area (Å²) in [6, 6.07) is 0. The van der Waals surface area contributed by atoms with Crippen molar-refractivity contribution in [1.29, 1.82) is 0 Å². The highest BCUT2D eigenvalue weighted by molar-refractivity contribution is 4.57. The number of aliphatic hydroxyl groups is 1. The van der Waals surface area contributed by atoms with Gasteiger partial charge >= 0.3 is 0 Å². The minimum atomic E-state index is -0.101. The summed E-state index contributed by atoms with van der Waals surface area (Å²) in [4.78, 5) is 2.64. The summed E-state index contributed by atoms with van der Waals surface area (Å²) in [6.07, 6.45) is 6.85. The molecule has 0 bridgehead atoms. The van der Waals surface area contributed by atoms with E-state index >= 15 is 0 Å². The van der Waals surface area contributed by atoms with Crippen molar-refractivity contribution in [2.75, 3.05) is 19.8 Å². The highest BCUT2D eigenvalue weighted by Gasteiger charge is 2.06. The fraction of sp³-hybridized carbons (Fsp3) is 1.00. The van der Waals surface area contributed by atoms with E-state index in [2.05, 4.69) is 16.9 Å². The Morgan fingerprint density at radius 2 is 2.06 bits per heavy atom. The molecule has 0 aliphatic rings. The van der Waals surface area contributed by atoms with Gasteiger partial charge in [-0.25, -0.2) is 0 Å². The van der Waals surface area contributed by atoms with Crippen LogP contribution in [0.1, 0.15) is 45.4 Å². The Morgan fingerprint density at radius 3 is 2.69 bits per heavy atom. The van der Waals surface area contributed by atoms with Crippen molar-refractivity contribution in [3.63, 3.8) is 0 Å². The van der Waals surface area contributed by atoms with Gasteiger partial charge < -0.3 is 9.84 Å². The van der Waals surface area contributed by atoms with E-state index in [9.17, 15) is 0 Å². The summed E-state index contributed by atoms with van der Waals surface area (Å²) < 4.78 is 5.39. The van der Waals surface area contributed by atoms with Crippen molar-refractivity contribution >= 4 is 0 Å². The highest BCUT2D eigenvalue weighted by Crippen LogP contribution is 2.09. The van der Waals surface area contributed by atoms with Crippen molar-refractivity contribution < 1.29 is 9.84 Å². The molecular weight excluding hydrogens is 206 g/mol. The largest absolute Gasteiger partial charge is 0.394 e. The Bertz CT molecular complexity index is 194. The van der Waals surface area contributed by atoms with Gasteiger partial charge in [-0.05, 0) is 12.0 Å². The Kier molecular flexibility index (Phi) is 11.7. The monoisotopic (exact) mass is 229 g/mol. The Labute approximate surface area is 97.4 Å². The third kappa shape index (κ3) is 9.77. The Morgan fingerprint density at radius 1 is 1.31 bits per heavy atom. The quantitative estimate of drug-likeness (QED) is 0.256. The van der Waals surface area contributed by atoms with Crippen LogP contribution in [0.5, 0.6) is 0 Å². The first-order valence-corrected chi connectivity index (χ1v) is 6.08. The summed E-state index contributed by atoms with van der Waals surface area (Å²) in [5, 5.41) is 12.4. The lowest BCUT2D eigenvalue weighted by atomic mass is 10.1. The van der Waals surface area contributed by atoms with Crippen LogP contribution in [0.3, 0.4) is 0 Å². The van der Waals surface area contributed by atoms with Crippen molar-refractivity contribution in [3.05, 3.63) is 10.4 Å². The average molecular weight is 229 g/mol. The van der Waals surface area contributed by atoms with Crippen LogP contribution in [0.2, 0.25) is 0 Å². The van der Waals surface area contributed by atoms with Crippen LogP contribution in [0.15, 0.2) is 5.11 Å². The van der Waals surface area contributed by atoms with Crippen LogP contribution in [0.4, 0.5) is 0 Å². The van der Waals surface area contributed by atoms with Gasteiger partial charge in [-0.2, -0.15) is 0 Å². The lowest BCUT2D eigenvalue weighted by molar-refractivity contribution is 0.0108. The first-order valence-electron chi connectivity index (χ1n) is 6.08. The Balaban J connectivity index is 3.39.